The van der Waals surface area contributed by atoms with Crippen molar-refractivity contribution in [2.24, 2.45) is 5.73 Å². The number of nitrogens with two attached hydrogens (primary N) is 1. The third kappa shape index (κ3) is 3.39. The lowest BCUT2D eigenvalue weighted by atomic mass is 10.1. The number of hydrogen-bond acceptors (Lipinski definition) is 5. The van der Waals surface area contributed by atoms with E-state index in [1.165, 1.54) is 5.56 Å². The molecule has 19 heavy (non-hydrogen) atoms. The first-order valence-corrected chi connectivity index (χ1v) is 6.41. The van der Waals surface area contributed by atoms with Crippen LogP contribution in [0.25, 0.3) is 11.4 Å². The first-order chi connectivity index (χ1) is 9.26. The van der Waals surface area contributed by atoms with Crippen LogP contribution < -0.4 is 5.73 Å². The van der Waals surface area contributed by atoms with Gasteiger partial charge in [-0.05, 0) is 12.0 Å². The molecule has 0 radical (unpaired) electrons. The van der Waals surface area contributed by atoms with E-state index in [2.05, 4.69) is 29.2 Å². The molecule has 1 heterocycles. The number of ether oxygens (including phenoxy) is 1. The fraction of sp³-hybridized carbons (Fsp3) is 0.429. The average Bonchev–Trinajstić information content (AvgIpc) is 2.93. The molecule has 0 aliphatic heterocycles. The standard InChI is InChI=1S/C14H19N3O2/c1-3-10-4-6-11(7-5-10)14-16-13(19-17-14)8-12(9-15)18-2/h4-7,12H,3,8-9,15H2,1-2H3. The van der Waals surface area contributed by atoms with Crippen molar-refractivity contribution in [2.75, 3.05) is 13.7 Å². The Bertz CT molecular complexity index is 504. The van der Waals surface area contributed by atoms with E-state index in [4.69, 9.17) is 15.0 Å². The minimum atomic E-state index is -0.0873. The molecule has 0 amide bonds. The summed E-state index contributed by atoms with van der Waals surface area (Å²) in [6.07, 6.45) is 1.47. The van der Waals surface area contributed by atoms with Gasteiger partial charge in [0.05, 0.1) is 12.5 Å². The highest BCUT2D eigenvalue weighted by Crippen LogP contribution is 2.17. The molecule has 5 heteroatoms. The predicted molar refractivity (Wildman–Crippen MR) is 72.7 cm³/mol. The summed E-state index contributed by atoms with van der Waals surface area (Å²) in [4.78, 5) is 4.36. The van der Waals surface area contributed by atoms with Crippen LogP contribution >= 0.6 is 0 Å². The van der Waals surface area contributed by atoms with Crippen molar-refractivity contribution in [1.29, 1.82) is 0 Å². The summed E-state index contributed by atoms with van der Waals surface area (Å²) >= 11 is 0. The second-order valence-electron chi connectivity index (χ2n) is 4.36. The molecule has 1 aromatic carbocycles. The van der Waals surface area contributed by atoms with Gasteiger partial charge in [-0.1, -0.05) is 36.3 Å². The highest BCUT2D eigenvalue weighted by atomic mass is 16.5. The summed E-state index contributed by atoms with van der Waals surface area (Å²) < 4.78 is 10.4. The van der Waals surface area contributed by atoms with Crippen molar-refractivity contribution in [1.82, 2.24) is 10.1 Å². The van der Waals surface area contributed by atoms with Gasteiger partial charge in [0, 0.05) is 19.2 Å². The van der Waals surface area contributed by atoms with Crippen LogP contribution in [0, 0.1) is 0 Å². The molecule has 2 N–H and O–H groups in total. The van der Waals surface area contributed by atoms with Crippen LogP contribution in [-0.2, 0) is 17.6 Å². The normalized spacial score (nSPS) is 12.6. The number of aromatic nitrogens is 2. The number of aryl methyl sites for hydroxylation is 1. The van der Waals surface area contributed by atoms with Crippen molar-refractivity contribution in [3.05, 3.63) is 35.7 Å². The quantitative estimate of drug-likeness (QED) is 0.858. The fourth-order valence-electron chi connectivity index (χ4n) is 1.80. The maximum Gasteiger partial charge on any atom is 0.229 e. The minimum absolute atomic E-state index is 0.0873. The van der Waals surface area contributed by atoms with Crippen LogP contribution in [0.3, 0.4) is 0 Å². The van der Waals surface area contributed by atoms with Crippen LogP contribution in [0.1, 0.15) is 18.4 Å². The Morgan fingerprint density at radius 1 is 1.32 bits per heavy atom. The van der Waals surface area contributed by atoms with Crippen molar-refractivity contribution in [3.8, 4) is 11.4 Å². The number of benzene rings is 1. The monoisotopic (exact) mass is 261 g/mol. The van der Waals surface area contributed by atoms with Crippen molar-refractivity contribution < 1.29 is 9.26 Å². The molecule has 0 bridgehead atoms. The molecule has 0 aliphatic rings. The predicted octanol–water partition coefficient (Wildman–Crippen LogP) is 1.82. The van der Waals surface area contributed by atoms with E-state index in [0.29, 0.717) is 24.7 Å². The highest BCUT2D eigenvalue weighted by Gasteiger charge is 2.13. The molecule has 0 fully saturated rings. The Hall–Kier alpha value is -1.72. The van der Waals surface area contributed by atoms with E-state index in [-0.39, 0.29) is 6.10 Å². The lowest BCUT2D eigenvalue weighted by Crippen LogP contribution is -2.24. The lowest BCUT2D eigenvalue weighted by Gasteiger charge is -2.08. The number of hydrogen-bond donors (Lipinski definition) is 1. The molecule has 1 unspecified atom stereocenters. The molecule has 2 rings (SSSR count). The van der Waals surface area contributed by atoms with E-state index >= 15 is 0 Å². The Kier molecular flexibility index (Phi) is 4.65. The largest absolute Gasteiger partial charge is 0.380 e. The number of nitrogens with zero attached hydrogens (tertiary/aromatic N) is 2. The van der Waals surface area contributed by atoms with Crippen LogP contribution in [0.2, 0.25) is 0 Å². The van der Waals surface area contributed by atoms with Gasteiger partial charge in [0.2, 0.25) is 11.7 Å². The van der Waals surface area contributed by atoms with Gasteiger partial charge >= 0.3 is 0 Å². The third-order valence-electron chi connectivity index (χ3n) is 3.09. The van der Waals surface area contributed by atoms with Crippen molar-refractivity contribution in [3.63, 3.8) is 0 Å². The van der Waals surface area contributed by atoms with Crippen LogP contribution in [-0.4, -0.2) is 29.9 Å². The molecule has 1 aromatic heterocycles. The zero-order chi connectivity index (χ0) is 13.7. The summed E-state index contributed by atoms with van der Waals surface area (Å²) in [6.45, 7) is 2.55. The van der Waals surface area contributed by atoms with E-state index in [0.717, 1.165) is 12.0 Å². The second-order valence-corrected chi connectivity index (χ2v) is 4.36. The summed E-state index contributed by atoms with van der Waals surface area (Å²) in [5.74, 6) is 1.15. The SMILES string of the molecule is CCc1ccc(-c2noc(CC(CN)OC)n2)cc1. The number of methoxy groups -OCH3 is 1. The molecule has 102 valence electrons. The maximum absolute atomic E-state index is 5.57. The summed E-state index contributed by atoms with van der Waals surface area (Å²) in [7, 11) is 1.62. The van der Waals surface area contributed by atoms with Gasteiger partial charge < -0.3 is 15.0 Å². The van der Waals surface area contributed by atoms with Crippen molar-refractivity contribution >= 4 is 0 Å². The van der Waals surface area contributed by atoms with Crippen molar-refractivity contribution in [2.45, 2.75) is 25.9 Å². The van der Waals surface area contributed by atoms with Gasteiger partial charge in [-0.2, -0.15) is 4.98 Å². The zero-order valence-corrected chi connectivity index (χ0v) is 11.3. The number of rotatable bonds is 6. The molecule has 0 saturated heterocycles. The van der Waals surface area contributed by atoms with Crippen LogP contribution in [0.4, 0.5) is 0 Å². The highest BCUT2D eigenvalue weighted by molar-refractivity contribution is 5.54. The van der Waals surface area contributed by atoms with Gasteiger partial charge in [0.25, 0.3) is 0 Å². The van der Waals surface area contributed by atoms with Crippen LogP contribution in [0.15, 0.2) is 28.8 Å². The molecule has 2 aromatic rings. The smallest absolute Gasteiger partial charge is 0.229 e. The minimum Gasteiger partial charge on any atom is -0.380 e. The Balaban J connectivity index is 2.11. The first-order valence-electron chi connectivity index (χ1n) is 6.41. The van der Waals surface area contributed by atoms with E-state index < -0.39 is 0 Å². The van der Waals surface area contributed by atoms with Gasteiger partial charge in [0.1, 0.15) is 0 Å². The van der Waals surface area contributed by atoms with Crippen LogP contribution in [0.5, 0.6) is 0 Å². The molecule has 5 nitrogen and oxygen atoms in total. The lowest BCUT2D eigenvalue weighted by molar-refractivity contribution is 0.102. The van der Waals surface area contributed by atoms with Gasteiger partial charge in [-0.3, -0.25) is 0 Å². The average molecular weight is 261 g/mol. The fourth-order valence-corrected chi connectivity index (χ4v) is 1.80. The van der Waals surface area contributed by atoms with Gasteiger partial charge in [-0.15, -0.1) is 0 Å². The molecule has 0 aliphatic carbocycles. The third-order valence-corrected chi connectivity index (χ3v) is 3.09. The molecular formula is C14H19N3O2. The van der Waals surface area contributed by atoms with E-state index in [1.807, 2.05) is 12.1 Å². The first kappa shape index (κ1) is 13.7. The topological polar surface area (TPSA) is 74.2 Å². The van der Waals surface area contributed by atoms with E-state index in [1.54, 1.807) is 7.11 Å². The Labute approximate surface area is 112 Å². The summed E-state index contributed by atoms with van der Waals surface area (Å²) in [5.41, 5.74) is 7.81. The molecular weight excluding hydrogens is 242 g/mol. The van der Waals surface area contributed by atoms with Gasteiger partial charge in [-0.25, -0.2) is 0 Å². The van der Waals surface area contributed by atoms with E-state index in [9.17, 15) is 0 Å². The Morgan fingerprint density at radius 2 is 2.05 bits per heavy atom. The summed E-state index contributed by atoms with van der Waals surface area (Å²) in [6, 6.07) is 8.15. The second kappa shape index (κ2) is 6.45. The molecule has 1 atom stereocenters. The molecule has 0 saturated carbocycles. The maximum atomic E-state index is 5.57. The summed E-state index contributed by atoms with van der Waals surface area (Å²) in [5, 5.41) is 3.98. The zero-order valence-electron chi connectivity index (χ0n) is 11.3. The van der Waals surface area contributed by atoms with Gasteiger partial charge in [0.15, 0.2) is 0 Å². The molecule has 0 spiro atoms. The Morgan fingerprint density at radius 3 is 2.63 bits per heavy atom.